The van der Waals surface area contributed by atoms with Crippen LogP contribution in [0, 0.1) is 0 Å². The summed E-state index contributed by atoms with van der Waals surface area (Å²) in [4.78, 5) is 11.7. The molecule has 18 heavy (non-hydrogen) atoms. The van der Waals surface area contributed by atoms with Crippen LogP contribution < -0.4 is 5.32 Å². The zero-order chi connectivity index (χ0) is 12.2. The number of imidazole rings is 2. The second-order valence-corrected chi connectivity index (χ2v) is 4.84. The highest BCUT2D eigenvalue weighted by atomic mass is 15.1. The maximum absolute atomic E-state index is 4.29. The van der Waals surface area contributed by atoms with Crippen molar-refractivity contribution in [2.75, 3.05) is 13.1 Å². The Kier molecular flexibility index (Phi) is 3.41. The van der Waals surface area contributed by atoms with Gasteiger partial charge in [0.25, 0.3) is 0 Å². The number of aromatic amines is 1. The Labute approximate surface area is 107 Å². The fraction of sp³-hybridized carbons (Fsp3) is 0.538. The zero-order valence-corrected chi connectivity index (χ0v) is 10.5. The number of hydrogen-bond donors (Lipinski definition) is 2. The Morgan fingerprint density at radius 1 is 1.44 bits per heavy atom. The van der Waals surface area contributed by atoms with Gasteiger partial charge in [-0.25, -0.2) is 9.97 Å². The van der Waals surface area contributed by atoms with Gasteiger partial charge in [0.1, 0.15) is 5.82 Å². The summed E-state index contributed by atoms with van der Waals surface area (Å²) in [6, 6.07) is 0. The lowest BCUT2D eigenvalue weighted by atomic mass is 10.1. The average molecular weight is 245 g/mol. The second kappa shape index (κ2) is 5.35. The molecule has 96 valence electrons. The van der Waals surface area contributed by atoms with Crippen LogP contribution in [0.5, 0.6) is 0 Å². The van der Waals surface area contributed by atoms with Crippen molar-refractivity contribution in [2.45, 2.75) is 31.7 Å². The molecule has 1 aliphatic heterocycles. The fourth-order valence-corrected chi connectivity index (χ4v) is 2.62. The lowest BCUT2D eigenvalue weighted by Gasteiger charge is -2.12. The number of aromatic nitrogens is 4. The molecule has 2 aromatic heterocycles. The molecule has 0 aromatic carbocycles. The van der Waals surface area contributed by atoms with E-state index in [0.29, 0.717) is 5.92 Å². The molecular formula is C13H19N5. The number of nitrogens with one attached hydrogen (secondary N) is 2. The quantitative estimate of drug-likeness (QED) is 0.835. The number of hydrogen-bond acceptors (Lipinski definition) is 3. The van der Waals surface area contributed by atoms with Crippen molar-refractivity contribution >= 4 is 0 Å². The van der Waals surface area contributed by atoms with E-state index in [2.05, 4.69) is 24.8 Å². The van der Waals surface area contributed by atoms with Gasteiger partial charge < -0.3 is 14.9 Å². The average Bonchev–Trinajstić information content (AvgIpc) is 3.12. The third-order valence-corrected chi connectivity index (χ3v) is 3.59. The van der Waals surface area contributed by atoms with Crippen LogP contribution in [-0.4, -0.2) is 32.6 Å². The zero-order valence-electron chi connectivity index (χ0n) is 10.5. The lowest BCUT2D eigenvalue weighted by molar-refractivity contribution is 0.579. The van der Waals surface area contributed by atoms with Crippen molar-refractivity contribution in [2.24, 2.45) is 0 Å². The first-order chi connectivity index (χ1) is 8.93. The van der Waals surface area contributed by atoms with E-state index in [4.69, 9.17) is 0 Å². The molecule has 2 N–H and O–H groups in total. The first kappa shape index (κ1) is 11.5. The Hall–Kier alpha value is -1.62. The number of H-pyrrole nitrogens is 1. The summed E-state index contributed by atoms with van der Waals surface area (Å²) in [5, 5.41) is 3.41. The molecule has 2 aromatic rings. The Balaban J connectivity index is 1.57. The van der Waals surface area contributed by atoms with Crippen molar-refractivity contribution in [3.05, 3.63) is 36.4 Å². The molecule has 0 bridgehead atoms. The van der Waals surface area contributed by atoms with E-state index in [0.717, 1.165) is 38.3 Å². The summed E-state index contributed by atoms with van der Waals surface area (Å²) in [6.45, 7) is 3.23. The first-order valence-corrected chi connectivity index (χ1v) is 6.62. The molecule has 0 amide bonds. The smallest absolute Gasteiger partial charge is 0.106 e. The standard InChI is InChI=1S/C13H19N5/c1(2-13-16-5-6-17-13)7-18-10-15-9-12(18)11-3-4-14-8-11/h5-6,9-11,14H,1-4,7-8H2,(H,16,17). The molecule has 5 heteroatoms. The van der Waals surface area contributed by atoms with Crippen LogP contribution in [0.15, 0.2) is 24.9 Å². The summed E-state index contributed by atoms with van der Waals surface area (Å²) in [5.41, 5.74) is 1.37. The van der Waals surface area contributed by atoms with Gasteiger partial charge >= 0.3 is 0 Å². The van der Waals surface area contributed by atoms with Crippen LogP contribution in [0.4, 0.5) is 0 Å². The number of aryl methyl sites for hydroxylation is 2. The van der Waals surface area contributed by atoms with E-state index >= 15 is 0 Å². The topological polar surface area (TPSA) is 58.5 Å². The number of rotatable bonds is 5. The highest BCUT2D eigenvalue weighted by molar-refractivity contribution is 5.09. The predicted octanol–water partition coefficient (Wildman–Crippen LogP) is 1.32. The minimum absolute atomic E-state index is 0.635. The molecule has 1 fully saturated rings. The van der Waals surface area contributed by atoms with Crippen LogP contribution in [0.25, 0.3) is 0 Å². The summed E-state index contributed by atoms with van der Waals surface area (Å²) < 4.78 is 2.29. The van der Waals surface area contributed by atoms with Gasteiger partial charge in [0, 0.05) is 49.7 Å². The molecule has 1 atom stereocenters. The Bertz CT molecular complexity index is 467. The largest absolute Gasteiger partial charge is 0.349 e. The van der Waals surface area contributed by atoms with Crippen molar-refractivity contribution in [1.82, 2.24) is 24.8 Å². The molecule has 1 aliphatic rings. The molecule has 3 rings (SSSR count). The molecule has 0 spiro atoms. The van der Waals surface area contributed by atoms with E-state index < -0.39 is 0 Å². The predicted molar refractivity (Wildman–Crippen MR) is 69.4 cm³/mol. The normalized spacial score (nSPS) is 19.4. The maximum Gasteiger partial charge on any atom is 0.106 e. The van der Waals surface area contributed by atoms with Crippen molar-refractivity contribution in [3.8, 4) is 0 Å². The van der Waals surface area contributed by atoms with Gasteiger partial charge in [-0.1, -0.05) is 0 Å². The fourth-order valence-electron chi connectivity index (χ4n) is 2.62. The maximum atomic E-state index is 4.29. The molecule has 3 heterocycles. The summed E-state index contributed by atoms with van der Waals surface area (Å²) in [7, 11) is 0. The summed E-state index contributed by atoms with van der Waals surface area (Å²) >= 11 is 0. The van der Waals surface area contributed by atoms with E-state index in [9.17, 15) is 0 Å². The monoisotopic (exact) mass is 245 g/mol. The molecular weight excluding hydrogens is 226 g/mol. The number of nitrogens with zero attached hydrogens (tertiary/aromatic N) is 3. The van der Waals surface area contributed by atoms with Gasteiger partial charge in [-0.3, -0.25) is 0 Å². The summed E-state index contributed by atoms with van der Waals surface area (Å²) in [5.74, 6) is 1.70. The Morgan fingerprint density at radius 2 is 2.44 bits per heavy atom. The minimum atomic E-state index is 0.635. The van der Waals surface area contributed by atoms with Crippen molar-refractivity contribution in [3.63, 3.8) is 0 Å². The molecule has 0 aliphatic carbocycles. The van der Waals surface area contributed by atoms with Gasteiger partial charge in [0.15, 0.2) is 0 Å². The highest BCUT2D eigenvalue weighted by Gasteiger charge is 2.19. The molecule has 0 saturated carbocycles. The lowest BCUT2D eigenvalue weighted by Crippen LogP contribution is -2.12. The van der Waals surface area contributed by atoms with Crippen molar-refractivity contribution in [1.29, 1.82) is 0 Å². The van der Waals surface area contributed by atoms with Crippen molar-refractivity contribution < 1.29 is 0 Å². The SMILES string of the molecule is c1c[nH]c(CCCn2cncc2C2CCNC2)n1. The van der Waals surface area contributed by atoms with Crippen LogP contribution in [0.3, 0.4) is 0 Å². The molecule has 1 unspecified atom stereocenters. The van der Waals surface area contributed by atoms with Crippen LogP contribution in [-0.2, 0) is 13.0 Å². The van der Waals surface area contributed by atoms with E-state index in [1.165, 1.54) is 12.1 Å². The van der Waals surface area contributed by atoms with Crippen LogP contribution >= 0.6 is 0 Å². The van der Waals surface area contributed by atoms with Crippen LogP contribution in [0.2, 0.25) is 0 Å². The van der Waals surface area contributed by atoms with Gasteiger partial charge in [-0.15, -0.1) is 0 Å². The third-order valence-electron chi connectivity index (χ3n) is 3.59. The van der Waals surface area contributed by atoms with Crippen LogP contribution in [0.1, 0.15) is 30.3 Å². The van der Waals surface area contributed by atoms with E-state index in [1.807, 2.05) is 24.9 Å². The second-order valence-electron chi connectivity index (χ2n) is 4.84. The van der Waals surface area contributed by atoms with E-state index in [1.54, 1.807) is 0 Å². The molecule has 1 saturated heterocycles. The first-order valence-electron chi connectivity index (χ1n) is 6.62. The van der Waals surface area contributed by atoms with E-state index in [-0.39, 0.29) is 0 Å². The van der Waals surface area contributed by atoms with Gasteiger partial charge in [-0.2, -0.15) is 0 Å². The highest BCUT2D eigenvalue weighted by Crippen LogP contribution is 2.22. The van der Waals surface area contributed by atoms with Gasteiger partial charge in [0.2, 0.25) is 0 Å². The third kappa shape index (κ3) is 2.46. The molecule has 5 nitrogen and oxygen atoms in total. The van der Waals surface area contributed by atoms with Gasteiger partial charge in [-0.05, 0) is 19.4 Å². The molecule has 0 radical (unpaired) electrons. The summed E-state index contributed by atoms with van der Waals surface area (Å²) in [6.07, 6.45) is 11.0. The van der Waals surface area contributed by atoms with Gasteiger partial charge in [0.05, 0.1) is 6.33 Å². The Morgan fingerprint density at radius 3 is 3.22 bits per heavy atom. The minimum Gasteiger partial charge on any atom is -0.349 e.